The smallest absolute Gasteiger partial charge is 0.267 e. The summed E-state index contributed by atoms with van der Waals surface area (Å²) in [6.45, 7) is 9.62. The molecule has 3 atom stereocenters. The van der Waals surface area contributed by atoms with Crippen molar-refractivity contribution in [2.45, 2.75) is 84.0 Å². The van der Waals surface area contributed by atoms with Gasteiger partial charge in [0, 0.05) is 49.6 Å². The van der Waals surface area contributed by atoms with E-state index in [4.69, 9.17) is 0 Å². The Morgan fingerprint density at radius 3 is 2.72 bits per heavy atom. The van der Waals surface area contributed by atoms with Crippen LogP contribution in [0.1, 0.15) is 68.9 Å². The van der Waals surface area contributed by atoms with Crippen molar-refractivity contribution >= 4 is 22.7 Å². The molecule has 2 unspecified atom stereocenters. The third-order valence-corrected chi connectivity index (χ3v) is 7.20. The zero-order chi connectivity index (χ0) is 23.0. The number of nitrogens with zero attached hydrogens (tertiary/aromatic N) is 2. The first-order valence-corrected chi connectivity index (χ1v) is 11.9. The normalized spacial score (nSPS) is 24.2. The SMILES string of the molecule is CC(=O)N(C(C)C)C1CCN(C2CCC[C@@H](NC(=O)c3cc4c(F)ccc(C)c4[nH]3)C2)C1. The van der Waals surface area contributed by atoms with Crippen LogP contribution >= 0.6 is 0 Å². The minimum Gasteiger partial charge on any atom is -0.350 e. The quantitative estimate of drug-likeness (QED) is 0.736. The number of amides is 2. The molecule has 2 amide bonds. The number of aromatic nitrogens is 1. The van der Waals surface area contributed by atoms with Gasteiger partial charge in [0.25, 0.3) is 5.91 Å². The number of nitrogens with one attached hydrogen (secondary N) is 2. The van der Waals surface area contributed by atoms with Gasteiger partial charge in [-0.2, -0.15) is 0 Å². The molecule has 0 spiro atoms. The molecule has 1 saturated heterocycles. The Morgan fingerprint density at radius 2 is 2.03 bits per heavy atom. The number of hydrogen-bond donors (Lipinski definition) is 2. The maximum absolute atomic E-state index is 14.1. The Morgan fingerprint density at radius 1 is 1.25 bits per heavy atom. The van der Waals surface area contributed by atoms with Crippen molar-refractivity contribution < 1.29 is 14.0 Å². The van der Waals surface area contributed by atoms with Crippen molar-refractivity contribution in [1.29, 1.82) is 0 Å². The first kappa shape index (κ1) is 22.8. The van der Waals surface area contributed by atoms with Gasteiger partial charge in [0.2, 0.25) is 5.91 Å². The maximum Gasteiger partial charge on any atom is 0.267 e. The van der Waals surface area contributed by atoms with E-state index in [-0.39, 0.29) is 35.8 Å². The van der Waals surface area contributed by atoms with E-state index in [1.165, 1.54) is 6.07 Å². The predicted octanol–water partition coefficient (Wildman–Crippen LogP) is 3.99. The highest BCUT2D eigenvalue weighted by molar-refractivity contribution is 5.99. The van der Waals surface area contributed by atoms with Crippen molar-refractivity contribution in [3.05, 3.63) is 35.3 Å². The lowest BCUT2D eigenvalue weighted by Gasteiger charge is -2.37. The molecule has 1 saturated carbocycles. The van der Waals surface area contributed by atoms with Crippen molar-refractivity contribution in [3.63, 3.8) is 0 Å². The minimum absolute atomic E-state index is 0.103. The molecular formula is C25H35FN4O2. The van der Waals surface area contributed by atoms with Crippen molar-refractivity contribution in [1.82, 2.24) is 20.1 Å². The largest absolute Gasteiger partial charge is 0.350 e. The molecule has 2 aliphatic rings. The van der Waals surface area contributed by atoms with E-state index in [9.17, 15) is 14.0 Å². The molecule has 2 aromatic rings. The van der Waals surface area contributed by atoms with Gasteiger partial charge in [-0.05, 0) is 70.6 Å². The number of aryl methyl sites for hydroxylation is 1. The van der Waals surface area contributed by atoms with Gasteiger partial charge in [-0.25, -0.2) is 4.39 Å². The second-order valence-corrected chi connectivity index (χ2v) is 9.78. The van der Waals surface area contributed by atoms with E-state index >= 15 is 0 Å². The Hall–Kier alpha value is -2.41. The van der Waals surface area contributed by atoms with Crippen LogP contribution in [-0.4, -0.2) is 63.9 Å². The molecule has 1 aliphatic heterocycles. The summed E-state index contributed by atoms with van der Waals surface area (Å²) in [6.07, 6.45) is 5.06. The average molecular weight is 443 g/mol. The van der Waals surface area contributed by atoms with Gasteiger partial charge in [-0.15, -0.1) is 0 Å². The fourth-order valence-corrected chi connectivity index (χ4v) is 5.71. The van der Waals surface area contributed by atoms with Crippen LogP contribution in [0.5, 0.6) is 0 Å². The molecule has 0 bridgehead atoms. The number of halogens is 1. The number of likely N-dealkylation sites (tertiary alicyclic amines) is 1. The van der Waals surface area contributed by atoms with E-state index in [1.54, 1.807) is 19.1 Å². The summed E-state index contributed by atoms with van der Waals surface area (Å²) in [5, 5.41) is 3.63. The molecule has 32 heavy (non-hydrogen) atoms. The Balaban J connectivity index is 1.38. The first-order valence-electron chi connectivity index (χ1n) is 11.9. The fraction of sp³-hybridized carbons (Fsp3) is 0.600. The average Bonchev–Trinajstić information content (AvgIpc) is 3.39. The van der Waals surface area contributed by atoms with Gasteiger partial charge < -0.3 is 15.2 Å². The molecule has 2 heterocycles. The molecule has 2 N–H and O–H groups in total. The molecule has 174 valence electrons. The lowest BCUT2D eigenvalue weighted by molar-refractivity contribution is -0.132. The monoisotopic (exact) mass is 442 g/mol. The number of fused-ring (bicyclic) bond motifs is 1. The predicted molar refractivity (Wildman–Crippen MR) is 124 cm³/mol. The number of rotatable bonds is 5. The Labute approximate surface area is 189 Å². The fourth-order valence-electron chi connectivity index (χ4n) is 5.71. The van der Waals surface area contributed by atoms with Crippen molar-refractivity contribution in [3.8, 4) is 0 Å². The van der Waals surface area contributed by atoms with E-state index in [0.29, 0.717) is 22.6 Å². The summed E-state index contributed by atoms with van der Waals surface area (Å²) in [4.78, 5) is 32.6. The first-order chi connectivity index (χ1) is 15.2. The number of carbonyl (C=O) groups excluding carboxylic acids is 2. The highest BCUT2D eigenvalue weighted by atomic mass is 19.1. The summed E-state index contributed by atoms with van der Waals surface area (Å²) in [5.74, 6) is -0.346. The number of aromatic amines is 1. The molecule has 1 aromatic heterocycles. The second kappa shape index (κ2) is 9.22. The van der Waals surface area contributed by atoms with E-state index in [1.807, 2.05) is 11.8 Å². The van der Waals surface area contributed by atoms with E-state index in [0.717, 1.165) is 50.8 Å². The standard InChI is InChI=1S/C25H35FN4O2/c1-15(2)30(17(4)31)20-10-11-29(14-20)19-7-5-6-18(12-19)27-25(32)23-13-21-22(26)9-8-16(3)24(21)28-23/h8-9,13,15,18-20,28H,5-7,10-12,14H2,1-4H3,(H,27,32)/t18-,19?,20?/m1/s1. The molecule has 1 aromatic carbocycles. The van der Waals surface area contributed by atoms with Crippen LogP contribution in [-0.2, 0) is 4.79 Å². The van der Waals surface area contributed by atoms with Crippen LogP contribution in [0.15, 0.2) is 18.2 Å². The zero-order valence-corrected chi connectivity index (χ0v) is 19.6. The van der Waals surface area contributed by atoms with Crippen LogP contribution < -0.4 is 5.32 Å². The van der Waals surface area contributed by atoms with E-state index < -0.39 is 0 Å². The van der Waals surface area contributed by atoms with Crippen LogP contribution in [0.25, 0.3) is 10.9 Å². The lowest BCUT2D eigenvalue weighted by atomic mass is 9.90. The maximum atomic E-state index is 14.1. The lowest BCUT2D eigenvalue weighted by Crippen LogP contribution is -2.48. The van der Waals surface area contributed by atoms with Crippen molar-refractivity contribution in [2.24, 2.45) is 0 Å². The molecule has 1 aliphatic carbocycles. The van der Waals surface area contributed by atoms with Gasteiger partial charge in [0.05, 0.1) is 5.52 Å². The van der Waals surface area contributed by atoms with Crippen LogP contribution in [0.2, 0.25) is 0 Å². The third kappa shape index (κ3) is 4.53. The molecule has 2 fully saturated rings. The number of H-pyrrole nitrogens is 1. The van der Waals surface area contributed by atoms with Gasteiger partial charge >= 0.3 is 0 Å². The van der Waals surface area contributed by atoms with Crippen LogP contribution in [0.4, 0.5) is 4.39 Å². The number of hydrogen-bond acceptors (Lipinski definition) is 3. The summed E-state index contributed by atoms with van der Waals surface area (Å²) in [7, 11) is 0. The summed E-state index contributed by atoms with van der Waals surface area (Å²) >= 11 is 0. The molecule has 0 radical (unpaired) electrons. The summed E-state index contributed by atoms with van der Waals surface area (Å²) in [6, 6.07) is 5.77. The van der Waals surface area contributed by atoms with Gasteiger partial charge in [-0.3, -0.25) is 14.5 Å². The zero-order valence-electron chi connectivity index (χ0n) is 19.6. The number of benzene rings is 1. The topological polar surface area (TPSA) is 68.4 Å². The second-order valence-electron chi connectivity index (χ2n) is 9.78. The van der Waals surface area contributed by atoms with Crippen molar-refractivity contribution in [2.75, 3.05) is 13.1 Å². The summed E-state index contributed by atoms with van der Waals surface area (Å²) in [5.41, 5.74) is 2.01. The molecular weight excluding hydrogens is 407 g/mol. The Kier molecular flexibility index (Phi) is 6.56. The van der Waals surface area contributed by atoms with Gasteiger partial charge in [0.15, 0.2) is 0 Å². The number of carbonyl (C=O) groups is 2. The van der Waals surface area contributed by atoms with Crippen LogP contribution in [0, 0.1) is 12.7 Å². The molecule has 6 nitrogen and oxygen atoms in total. The third-order valence-electron chi connectivity index (χ3n) is 7.20. The highest BCUT2D eigenvalue weighted by Gasteiger charge is 2.36. The van der Waals surface area contributed by atoms with Crippen LogP contribution in [0.3, 0.4) is 0 Å². The highest BCUT2D eigenvalue weighted by Crippen LogP contribution is 2.29. The van der Waals surface area contributed by atoms with Gasteiger partial charge in [-0.1, -0.05) is 6.07 Å². The Bertz CT molecular complexity index is 962. The molecule has 7 heteroatoms. The van der Waals surface area contributed by atoms with Gasteiger partial charge in [0.1, 0.15) is 11.5 Å². The summed E-state index contributed by atoms with van der Waals surface area (Å²) < 4.78 is 14.1. The van der Waals surface area contributed by atoms with E-state index in [2.05, 4.69) is 29.0 Å². The molecule has 4 rings (SSSR count). The minimum atomic E-state index is -0.316.